The van der Waals surface area contributed by atoms with E-state index in [2.05, 4.69) is 27.9 Å². The van der Waals surface area contributed by atoms with Crippen molar-refractivity contribution in [3.05, 3.63) is 47.5 Å². The minimum Gasteiger partial charge on any atom is -0.364 e. The molecule has 1 unspecified atom stereocenters. The van der Waals surface area contributed by atoms with Gasteiger partial charge in [-0.25, -0.2) is 9.37 Å². The number of benzene rings is 2. The third kappa shape index (κ3) is 2.90. The lowest BCUT2D eigenvalue weighted by atomic mass is 10.1. The summed E-state index contributed by atoms with van der Waals surface area (Å²) in [4.78, 5) is 7.63. The molecule has 0 fully saturated rings. The topological polar surface area (TPSA) is 70.2 Å². The number of methoxy groups -OCH3 is 1. The van der Waals surface area contributed by atoms with E-state index in [1.165, 1.54) is 13.4 Å². The highest BCUT2D eigenvalue weighted by molar-refractivity contribution is 7.80. The largest absolute Gasteiger partial charge is 0.364 e. The van der Waals surface area contributed by atoms with Crippen molar-refractivity contribution in [1.82, 2.24) is 9.97 Å². The van der Waals surface area contributed by atoms with Crippen LogP contribution in [0.4, 0.5) is 15.8 Å². The van der Waals surface area contributed by atoms with Crippen LogP contribution >= 0.6 is 12.6 Å². The number of nitrogens with one attached hydrogen (secondary N) is 2. The number of ether oxygens (including phenoxy) is 1. The van der Waals surface area contributed by atoms with Crippen LogP contribution in [0.25, 0.3) is 11.0 Å². The molecule has 3 N–H and O–H groups in total. The zero-order chi connectivity index (χ0) is 16.6. The molecule has 0 bridgehead atoms. The van der Waals surface area contributed by atoms with Gasteiger partial charge >= 0.3 is 0 Å². The fourth-order valence-electron chi connectivity index (χ4n) is 2.43. The maximum atomic E-state index is 14.8. The third-order valence-corrected chi connectivity index (χ3v) is 3.92. The highest BCUT2D eigenvalue weighted by Crippen LogP contribution is 2.34. The van der Waals surface area contributed by atoms with Gasteiger partial charge in [-0.3, -0.25) is 0 Å². The lowest BCUT2D eigenvalue weighted by Crippen LogP contribution is -2.07. The number of aromatic amines is 1. The zero-order valence-corrected chi connectivity index (χ0v) is 13.5. The molecule has 3 aromatic rings. The van der Waals surface area contributed by atoms with Crippen molar-refractivity contribution in [2.24, 2.45) is 0 Å². The number of anilines is 2. The van der Waals surface area contributed by atoms with Crippen LogP contribution in [0.5, 0.6) is 0 Å². The number of imidazole rings is 1. The molecule has 3 rings (SSSR count). The van der Waals surface area contributed by atoms with Gasteiger partial charge in [0.2, 0.25) is 0 Å². The zero-order valence-electron chi connectivity index (χ0n) is 12.6. The van der Waals surface area contributed by atoms with Gasteiger partial charge < -0.3 is 20.1 Å². The second-order valence-electron chi connectivity index (χ2n) is 5.17. The van der Waals surface area contributed by atoms with Gasteiger partial charge in [0.1, 0.15) is 5.52 Å². The summed E-state index contributed by atoms with van der Waals surface area (Å²) < 4.78 is 19.8. The van der Waals surface area contributed by atoms with Crippen molar-refractivity contribution in [2.75, 3.05) is 12.4 Å². The molecule has 0 aliphatic rings. The molecule has 0 radical (unpaired) electrons. The van der Waals surface area contributed by atoms with Gasteiger partial charge in [-0.15, -0.1) is 12.6 Å². The number of aliphatic hydroxyl groups is 1. The first kappa shape index (κ1) is 15.8. The lowest BCUT2D eigenvalue weighted by Gasteiger charge is -2.18. The Morgan fingerprint density at radius 3 is 2.87 bits per heavy atom. The van der Waals surface area contributed by atoms with Crippen LogP contribution in [-0.4, -0.2) is 22.2 Å². The molecule has 5 nitrogen and oxygen atoms in total. The van der Waals surface area contributed by atoms with E-state index in [0.29, 0.717) is 11.2 Å². The van der Waals surface area contributed by atoms with E-state index in [1.807, 2.05) is 13.0 Å². The van der Waals surface area contributed by atoms with E-state index in [-0.39, 0.29) is 16.8 Å². The Balaban J connectivity index is 2.15. The second-order valence-corrected chi connectivity index (χ2v) is 5.68. The predicted octanol–water partition coefficient (Wildman–Crippen LogP) is 3.68. The summed E-state index contributed by atoms with van der Waals surface area (Å²) in [6, 6.07) is 7.08. The molecule has 2 aromatic carbocycles. The molecule has 23 heavy (non-hydrogen) atoms. The molecule has 0 saturated heterocycles. The molecule has 1 atom stereocenters. The molecular weight excluding hydrogens is 317 g/mol. The standard InChI is InChI=1S/C16H16FN3O2S/c1-8-5-9(23)3-4-11(8)20-14-10(16(21)22-2)6-12-15(13(14)17)19-7-18-12/h3-7,16,20-21,23H,1-2H3,(H,18,19). The molecule has 0 amide bonds. The van der Waals surface area contributed by atoms with Gasteiger partial charge in [0, 0.05) is 23.3 Å². The Bertz CT molecular complexity index is 866. The average Bonchev–Trinajstić information content (AvgIpc) is 3.00. The number of thiol groups is 1. The minimum atomic E-state index is -1.26. The summed E-state index contributed by atoms with van der Waals surface area (Å²) in [6.45, 7) is 1.89. The van der Waals surface area contributed by atoms with Gasteiger partial charge in [-0.1, -0.05) is 0 Å². The summed E-state index contributed by atoms with van der Waals surface area (Å²) in [5.41, 5.74) is 2.72. The van der Waals surface area contributed by atoms with Crippen molar-refractivity contribution in [1.29, 1.82) is 0 Å². The summed E-state index contributed by atoms with van der Waals surface area (Å²) in [6.07, 6.45) is 0.144. The van der Waals surface area contributed by atoms with Crippen molar-refractivity contribution in [3.8, 4) is 0 Å². The van der Waals surface area contributed by atoms with Crippen LogP contribution in [0, 0.1) is 12.7 Å². The van der Waals surface area contributed by atoms with Gasteiger partial charge in [-0.05, 0) is 36.8 Å². The smallest absolute Gasteiger partial charge is 0.183 e. The predicted molar refractivity (Wildman–Crippen MR) is 89.7 cm³/mol. The van der Waals surface area contributed by atoms with Crippen molar-refractivity contribution >= 4 is 35.0 Å². The van der Waals surface area contributed by atoms with E-state index in [4.69, 9.17) is 4.74 Å². The first-order chi connectivity index (χ1) is 11.0. The number of rotatable bonds is 4. The maximum Gasteiger partial charge on any atom is 0.183 e. The molecule has 0 aliphatic heterocycles. The summed E-state index contributed by atoms with van der Waals surface area (Å²) in [7, 11) is 1.35. The fraction of sp³-hybridized carbons (Fsp3) is 0.188. The van der Waals surface area contributed by atoms with Gasteiger partial charge in [0.05, 0.1) is 17.5 Å². The molecule has 7 heteroatoms. The van der Waals surface area contributed by atoms with Gasteiger partial charge in [0.25, 0.3) is 0 Å². The van der Waals surface area contributed by atoms with Crippen molar-refractivity contribution in [3.63, 3.8) is 0 Å². The first-order valence-electron chi connectivity index (χ1n) is 6.94. The number of halogens is 1. The molecular formula is C16H16FN3O2S. The number of aromatic nitrogens is 2. The Kier molecular flexibility index (Phi) is 4.25. The van der Waals surface area contributed by atoms with E-state index < -0.39 is 12.1 Å². The minimum absolute atomic E-state index is 0.133. The number of hydrogen-bond acceptors (Lipinski definition) is 5. The average molecular weight is 333 g/mol. The van der Waals surface area contributed by atoms with Crippen LogP contribution < -0.4 is 5.32 Å². The summed E-state index contributed by atoms with van der Waals surface area (Å²) in [5, 5.41) is 13.1. The Hall–Kier alpha value is -2.09. The molecule has 120 valence electrons. The molecule has 1 heterocycles. The lowest BCUT2D eigenvalue weighted by molar-refractivity contribution is -0.0764. The van der Waals surface area contributed by atoms with E-state index in [1.54, 1.807) is 18.2 Å². The Labute approximate surface area is 137 Å². The number of aryl methyl sites for hydroxylation is 1. The molecule has 0 aliphatic carbocycles. The second kappa shape index (κ2) is 6.19. The van der Waals surface area contributed by atoms with Crippen LogP contribution in [0.2, 0.25) is 0 Å². The molecule has 0 saturated carbocycles. The number of fused-ring (bicyclic) bond motifs is 1. The SMILES string of the molecule is COC(O)c1cc2[nH]cnc2c(F)c1Nc1ccc(S)cc1C. The van der Waals surface area contributed by atoms with Gasteiger partial charge in [-0.2, -0.15) is 0 Å². The van der Waals surface area contributed by atoms with Crippen molar-refractivity contribution < 1.29 is 14.2 Å². The summed E-state index contributed by atoms with van der Waals surface area (Å²) >= 11 is 4.28. The van der Waals surface area contributed by atoms with Crippen LogP contribution in [0.3, 0.4) is 0 Å². The molecule has 0 spiro atoms. The number of hydrogen-bond donors (Lipinski definition) is 4. The quantitative estimate of drug-likeness (QED) is 0.434. The van der Waals surface area contributed by atoms with E-state index in [9.17, 15) is 9.50 Å². The number of nitrogens with zero attached hydrogens (tertiary/aromatic N) is 1. The van der Waals surface area contributed by atoms with Crippen LogP contribution in [0.15, 0.2) is 35.5 Å². The molecule has 1 aromatic heterocycles. The van der Waals surface area contributed by atoms with Crippen LogP contribution in [0.1, 0.15) is 17.4 Å². The van der Waals surface area contributed by atoms with Crippen LogP contribution in [-0.2, 0) is 4.74 Å². The highest BCUT2D eigenvalue weighted by atomic mass is 32.1. The fourth-order valence-corrected chi connectivity index (χ4v) is 2.70. The Morgan fingerprint density at radius 2 is 2.17 bits per heavy atom. The highest BCUT2D eigenvalue weighted by Gasteiger charge is 2.21. The van der Waals surface area contributed by atoms with E-state index in [0.717, 1.165) is 10.5 Å². The third-order valence-electron chi connectivity index (χ3n) is 3.64. The normalized spacial score (nSPS) is 12.6. The van der Waals surface area contributed by atoms with Gasteiger partial charge in [0.15, 0.2) is 12.1 Å². The number of H-pyrrole nitrogens is 1. The van der Waals surface area contributed by atoms with E-state index >= 15 is 0 Å². The maximum absolute atomic E-state index is 14.8. The number of aliphatic hydroxyl groups excluding tert-OH is 1. The first-order valence-corrected chi connectivity index (χ1v) is 7.39. The summed E-state index contributed by atoms with van der Waals surface area (Å²) in [5.74, 6) is -0.552. The monoisotopic (exact) mass is 333 g/mol. The Morgan fingerprint density at radius 1 is 1.39 bits per heavy atom. The van der Waals surface area contributed by atoms with Crippen molar-refractivity contribution in [2.45, 2.75) is 18.1 Å².